The molecule has 0 saturated carbocycles. The Morgan fingerprint density at radius 1 is 0.630 bits per heavy atom. The zero-order chi connectivity index (χ0) is 17.8. The van der Waals surface area contributed by atoms with Crippen LogP contribution in [0.15, 0.2) is 97.1 Å². The summed E-state index contributed by atoms with van der Waals surface area (Å²) in [7, 11) is 0. The van der Waals surface area contributed by atoms with Gasteiger partial charge in [-0.25, -0.2) is 0 Å². The highest BCUT2D eigenvalue weighted by Gasteiger charge is 2.49. The SMILES string of the molecule is c1ccc([C@@H]2O[C@@H]3c4cccc5cccc(c45)[C@@H]3N2c2ccccc2)cc1. The molecule has 4 aromatic carbocycles. The third-order valence-corrected chi connectivity index (χ3v) is 5.85. The molecule has 0 radical (unpaired) electrons. The monoisotopic (exact) mass is 349 g/mol. The molecule has 0 unspecified atom stereocenters. The maximum absolute atomic E-state index is 6.74. The highest BCUT2D eigenvalue weighted by atomic mass is 16.5. The Labute approximate surface area is 158 Å². The van der Waals surface area contributed by atoms with E-state index in [1.165, 1.54) is 33.2 Å². The molecule has 1 heterocycles. The fraction of sp³-hybridized carbons (Fsp3) is 0.120. The van der Waals surface area contributed by atoms with Gasteiger partial charge in [0.2, 0.25) is 0 Å². The molecule has 0 bridgehead atoms. The van der Waals surface area contributed by atoms with Crippen LogP contribution in [0.5, 0.6) is 0 Å². The molecule has 2 aliphatic rings. The molecule has 3 atom stereocenters. The molecule has 0 aromatic heterocycles. The van der Waals surface area contributed by atoms with E-state index in [0.717, 1.165) is 0 Å². The summed E-state index contributed by atoms with van der Waals surface area (Å²) in [5.41, 5.74) is 5.08. The fourth-order valence-corrected chi connectivity index (χ4v) is 4.76. The maximum Gasteiger partial charge on any atom is 0.158 e. The Bertz CT molecular complexity index is 1120. The largest absolute Gasteiger partial charge is 0.344 e. The van der Waals surface area contributed by atoms with Crippen LogP contribution < -0.4 is 4.90 Å². The number of hydrogen-bond acceptors (Lipinski definition) is 2. The average Bonchev–Trinajstić information content (AvgIpc) is 3.27. The minimum Gasteiger partial charge on any atom is -0.344 e. The quantitative estimate of drug-likeness (QED) is 0.429. The Balaban J connectivity index is 1.58. The first kappa shape index (κ1) is 15.0. The molecule has 0 amide bonds. The average molecular weight is 349 g/mol. The van der Waals surface area contributed by atoms with E-state index < -0.39 is 0 Å². The number of anilines is 1. The van der Waals surface area contributed by atoms with E-state index in [0.29, 0.717) is 0 Å². The first-order valence-electron chi connectivity index (χ1n) is 9.47. The van der Waals surface area contributed by atoms with Crippen molar-refractivity contribution in [1.29, 1.82) is 0 Å². The van der Waals surface area contributed by atoms with Gasteiger partial charge in [-0.15, -0.1) is 0 Å². The number of fused-ring (bicyclic) bond motifs is 3. The second kappa shape index (κ2) is 5.70. The molecule has 1 aliphatic carbocycles. The van der Waals surface area contributed by atoms with Crippen molar-refractivity contribution in [2.45, 2.75) is 18.4 Å². The molecule has 6 rings (SSSR count). The lowest BCUT2D eigenvalue weighted by molar-refractivity contribution is 0.0433. The van der Waals surface area contributed by atoms with E-state index >= 15 is 0 Å². The van der Waals surface area contributed by atoms with Gasteiger partial charge in [-0.05, 0) is 34.0 Å². The standard InChI is InChI=1S/C25H19NO/c1-3-9-18(10-4-1)25-26(19-13-5-2-6-14-19)23-20-15-7-11-17-12-8-16-21(22(17)20)24(23)27-25/h1-16,23-25H/t23-,24+,25-/m0/s1. The lowest BCUT2D eigenvalue weighted by Crippen LogP contribution is -2.26. The number of hydrogen-bond donors (Lipinski definition) is 0. The summed E-state index contributed by atoms with van der Waals surface area (Å²) in [5.74, 6) is 0. The first-order valence-corrected chi connectivity index (χ1v) is 9.47. The van der Waals surface area contributed by atoms with Crippen LogP contribution in [0.2, 0.25) is 0 Å². The molecule has 1 saturated heterocycles. The molecule has 2 heteroatoms. The molecular formula is C25H19NO. The fourth-order valence-electron chi connectivity index (χ4n) is 4.76. The Morgan fingerprint density at radius 2 is 1.30 bits per heavy atom. The van der Waals surface area contributed by atoms with Crippen molar-refractivity contribution in [1.82, 2.24) is 0 Å². The van der Waals surface area contributed by atoms with Crippen LogP contribution in [-0.2, 0) is 4.74 Å². The minimum atomic E-state index is -0.0905. The lowest BCUT2D eigenvalue weighted by Gasteiger charge is -2.30. The van der Waals surface area contributed by atoms with E-state index in [2.05, 4.69) is 102 Å². The lowest BCUT2D eigenvalue weighted by atomic mass is 10.0. The summed E-state index contributed by atoms with van der Waals surface area (Å²) in [5, 5.41) is 2.66. The normalized spacial score (nSPS) is 23.0. The van der Waals surface area contributed by atoms with Gasteiger partial charge in [-0.1, -0.05) is 84.9 Å². The number of para-hydroxylation sites is 1. The van der Waals surface area contributed by atoms with Crippen molar-refractivity contribution >= 4 is 16.5 Å². The van der Waals surface area contributed by atoms with Crippen molar-refractivity contribution in [3.8, 4) is 0 Å². The van der Waals surface area contributed by atoms with E-state index in [-0.39, 0.29) is 18.4 Å². The number of ether oxygens (including phenoxy) is 1. The van der Waals surface area contributed by atoms with Gasteiger partial charge < -0.3 is 9.64 Å². The number of rotatable bonds is 2. The maximum atomic E-state index is 6.74. The van der Waals surface area contributed by atoms with Crippen molar-refractivity contribution in [2.24, 2.45) is 0 Å². The zero-order valence-electron chi connectivity index (χ0n) is 14.8. The van der Waals surface area contributed by atoms with Crippen molar-refractivity contribution in [2.75, 3.05) is 4.90 Å². The van der Waals surface area contributed by atoms with Crippen LogP contribution in [0.1, 0.15) is 35.1 Å². The van der Waals surface area contributed by atoms with Crippen LogP contribution >= 0.6 is 0 Å². The van der Waals surface area contributed by atoms with E-state index in [1.807, 2.05) is 0 Å². The molecular weight excluding hydrogens is 330 g/mol. The summed E-state index contributed by atoms with van der Waals surface area (Å²) in [4.78, 5) is 2.45. The van der Waals surface area contributed by atoms with Crippen LogP contribution in [0.25, 0.3) is 10.8 Å². The Hall–Kier alpha value is -3.10. The van der Waals surface area contributed by atoms with E-state index in [1.54, 1.807) is 0 Å². The van der Waals surface area contributed by atoms with Gasteiger partial charge >= 0.3 is 0 Å². The predicted octanol–water partition coefficient (Wildman–Crippen LogP) is 6.17. The van der Waals surface area contributed by atoms with Gasteiger partial charge in [0.25, 0.3) is 0 Å². The van der Waals surface area contributed by atoms with Gasteiger partial charge in [-0.2, -0.15) is 0 Å². The number of nitrogens with zero attached hydrogens (tertiary/aromatic N) is 1. The van der Waals surface area contributed by atoms with Crippen LogP contribution in [0, 0.1) is 0 Å². The van der Waals surface area contributed by atoms with Crippen LogP contribution in [-0.4, -0.2) is 0 Å². The molecule has 130 valence electrons. The summed E-state index contributed by atoms with van der Waals surface area (Å²) < 4.78 is 6.74. The van der Waals surface area contributed by atoms with Gasteiger partial charge in [0, 0.05) is 11.3 Å². The van der Waals surface area contributed by atoms with Gasteiger partial charge in [0.05, 0.1) is 6.04 Å². The van der Waals surface area contributed by atoms with Gasteiger partial charge in [-0.3, -0.25) is 0 Å². The van der Waals surface area contributed by atoms with Crippen LogP contribution in [0.3, 0.4) is 0 Å². The zero-order valence-corrected chi connectivity index (χ0v) is 14.8. The Kier molecular flexibility index (Phi) is 3.17. The first-order chi connectivity index (χ1) is 13.4. The van der Waals surface area contributed by atoms with E-state index in [9.17, 15) is 0 Å². The van der Waals surface area contributed by atoms with Crippen molar-refractivity contribution < 1.29 is 4.74 Å². The highest BCUT2D eigenvalue weighted by Crippen LogP contribution is 2.58. The van der Waals surface area contributed by atoms with E-state index in [4.69, 9.17) is 4.74 Å². The minimum absolute atomic E-state index is 0.0523. The Morgan fingerprint density at radius 3 is 2.04 bits per heavy atom. The summed E-state index contributed by atoms with van der Waals surface area (Å²) in [6, 6.07) is 34.6. The summed E-state index contributed by atoms with van der Waals surface area (Å²) in [6.07, 6.45) is -0.0382. The summed E-state index contributed by atoms with van der Waals surface area (Å²) >= 11 is 0. The second-order valence-corrected chi connectivity index (χ2v) is 7.30. The molecule has 1 aliphatic heterocycles. The van der Waals surface area contributed by atoms with Crippen molar-refractivity contribution in [3.63, 3.8) is 0 Å². The third kappa shape index (κ3) is 2.11. The molecule has 1 fully saturated rings. The molecule has 27 heavy (non-hydrogen) atoms. The number of benzene rings is 4. The summed E-state index contributed by atoms with van der Waals surface area (Å²) in [6.45, 7) is 0. The predicted molar refractivity (Wildman–Crippen MR) is 109 cm³/mol. The highest BCUT2D eigenvalue weighted by molar-refractivity contribution is 5.93. The molecule has 4 aromatic rings. The smallest absolute Gasteiger partial charge is 0.158 e. The molecule has 0 N–H and O–H groups in total. The topological polar surface area (TPSA) is 12.5 Å². The second-order valence-electron chi connectivity index (χ2n) is 7.30. The van der Waals surface area contributed by atoms with Crippen molar-refractivity contribution in [3.05, 3.63) is 114 Å². The molecule has 0 spiro atoms. The van der Waals surface area contributed by atoms with Gasteiger partial charge in [0.1, 0.15) is 6.10 Å². The third-order valence-electron chi connectivity index (χ3n) is 5.85. The molecule has 2 nitrogen and oxygen atoms in total. The van der Waals surface area contributed by atoms with Gasteiger partial charge in [0.15, 0.2) is 6.23 Å². The van der Waals surface area contributed by atoms with Crippen LogP contribution in [0.4, 0.5) is 5.69 Å².